The second-order valence-corrected chi connectivity index (χ2v) is 5.04. The molecule has 1 aromatic carbocycles. The van der Waals surface area contributed by atoms with Crippen LogP contribution in [0.15, 0.2) is 42.7 Å². The number of esters is 1. The Morgan fingerprint density at radius 2 is 2.00 bits per heavy atom. The summed E-state index contributed by atoms with van der Waals surface area (Å²) in [5, 5.41) is 0. The highest BCUT2D eigenvalue weighted by Gasteiger charge is 2.19. The van der Waals surface area contributed by atoms with Gasteiger partial charge in [0.15, 0.2) is 11.6 Å². The number of aromatic nitrogens is 1. The summed E-state index contributed by atoms with van der Waals surface area (Å²) in [4.78, 5) is 29.3. The van der Waals surface area contributed by atoms with Gasteiger partial charge in [-0.05, 0) is 29.8 Å². The molecule has 2 aromatic rings. The van der Waals surface area contributed by atoms with Crippen LogP contribution in [-0.4, -0.2) is 35.4 Å². The Morgan fingerprint density at radius 1 is 1.21 bits per heavy atom. The fourth-order valence-corrected chi connectivity index (χ4v) is 2.10. The number of hydrogen-bond acceptors (Lipinski definition) is 4. The van der Waals surface area contributed by atoms with Crippen LogP contribution in [0.2, 0.25) is 0 Å². The number of carbonyl (C=O) groups excluding carboxylic acids is 2. The Balaban J connectivity index is 2.20. The van der Waals surface area contributed by atoms with Gasteiger partial charge in [-0.2, -0.15) is 0 Å². The number of pyridine rings is 1. The van der Waals surface area contributed by atoms with Crippen molar-refractivity contribution in [3.63, 3.8) is 0 Å². The van der Waals surface area contributed by atoms with Crippen molar-refractivity contribution < 1.29 is 23.1 Å². The second-order valence-electron chi connectivity index (χ2n) is 5.04. The van der Waals surface area contributed by atoms with Crippen molar-refractivity contribution in [1.82, 2.24) is 9.88 Å². The molecule has 0 N–H and O–H groups in total. The molecule has 0 aliphatic carbocycles. The zero-order valence-electron chi connectivity index (χ0n) is 13.0. The van der Waals surface area contributed by atoms with E-state index in [1.807, 2.05) is 0 Å². The third-order valence-electron chi connectivity index (χ3n) is 3.36. The maximum absolute atomic E-state index is 13.4. The molecule has 1 aromatic heterocycles. The van der Waals surface area contributed by atoms with E-state index in [-0.39, 0.29) is 25.1 Å². The molecule has 2 rings (SSSR count). The lowest BCUT2D eigenvalue weighted by Crippen LogP contribution is -2.33. The molecule has 0 saturated carbocycles. The van der Waals surface area contributed by atoms with E-state index in [1.165, 1.54) is 18.1 Å². The number of methoxy groups -OCH3 is 1. The Bertz CT molecular complexity index is 723. The van der Waals surface area contributed by atoms with Crippen LogP contribution in [0.5, 0.6) is 0 Å². The number of nitrogens with zero attached hydrogens (tertiary/aromatic N) is 2. The molecule has 0 spiro atoms. The minimum absolute atomic E-state index is 0.00246. The highest BCUT2D eigenvalue weighted by molar-refractivity contribution is 5.94. The normalized spacial score (nSPS) is 10.3. The topological polar surface area (TPSA) is 59.5 Å². The molecule has 0 atom stereocenters. The predicted molar refractivity (Wildman–Crippen MR) is 82.0 cm³/mol. The van der Waals surface area contributed by atoms with Crippen molar-refractivity contribution in [2.75, 3.05) is 13.7 Å². The average molecular weight is 334 g/mol. The summed E-state index contributed by atoms with van der Waals surface area (Å²) in [6.45, 7) is 0.266. The minimum Gasteiger partial charge on any atom is -0.469 e. The number of hydrogen-bond donors (Lipinski definition) is 0. The van der Waals surface area contributed by atoms with E-state index in [0.29, 0.717) is 0 Å². The summed E-state index contributed by atoms with van der Waals surface area (Å²) < 4.78 is 31.0. The van der Waals surface area contributed by atoms with Crippen molar-refractivity contribution >= 4 is 11.9 Å². The summed E-state index contributed by atoms with van der Waals surface area (Å²) in [5.74, 6) is -3.11. The van der Waals surface area contributed by atoms with Gasteiger partial charge in [-0.1, -0.05) is 6.07 Å². The molecule has 0 fully saturated rings. The predicted octanol–water partition coefficient (Wildman–Crippen LogP) is 2.57. The molecule has 0 aliphatic rings. The molecular formula is C17H16F2N2O3. The second kappa shape index (κ2) is 8.14. The van der Waals surface area contributed by atoms with Gasteiger partial charge in [0.2, 0.25) is 0 Å². The van der Waals surface area contributed by atoms with Crippen LogP contribution in [0.25, 0.3) is 0 Å². The van der Waals surface area contributed by atoms with Gasteiger partial charge < -0.3 is 9.64 Å². The average Bonchev–Trinajstić information content (AvgIpc) is 2.60. The molecule has 7 heteroatoms. The summed E-state index contributed by atoms with van der Waals surface area (Å²) >= 11 is 0. The van der Waals surface area contributed by atoms with E-state index in [9.17, 15) is 18.4 Å². The molecular weight excluding hydrogens is 318 g/mol. The third-order valence-corrected chi connectivity index (χ3v) is 3.36. The van der Waals surface area contributed by atoms with Gasteiger partial charge >= 0.3 is 5.97 Å². The van der Waals surface area contributed by atoms with Crippen LogP contribution < -0.4 is 0 Å². The number of halogens is 2. The minimum atomic E-state index is -1.10. The SMILES string of the molecule is COC(=O)CCN(Cc1cccnc1)C(=O)c1ccc(F)c(F)c1. The van der Waals surface area contributed by atoms with Gasteiger partial charge in [-0.15, -0.1) is 0 Å². The van der Waals surface area contributed by atoms with Crippen molar-refractivity contribution in [2.24, 2.45) is 0 Å². The number of carbonyl (C=O) groups is 2. The zero-order valence-corrected chi connectivity index (χ0v) is 13.0. The van der Waals surface area contributed by atoms with Crippen molar-refractivity contribution in [3.05, 3.63) is 65.5 Å². The van der Waals surface area contributed by atoms with Crippen LogP contribution in [0.3, 0.4) is 0 Å². The first-order valence-electron chi connectivity index (χ1n) is 7.21. The van der Waals surface area contributed by atoms with Gasteiger partial charge in [0, 0.05) is 31.0 Å². The van der Waals surface area contributed by atoms with Gasteiger partial charge in [-0.25, -0.2) is 8.78 Å². The van der Waals surface area contributed by atoms with Crippen LogP contribution >= 0.6 is 0 Å². The van der Waals surface area contributed by atoms with E-state index in [2.05, 4.69) is 9.72 Å². The number of ether oxygens (including phenoxy) is 1. The Hall–Kier alpha value is -2.83. The number of amides is 1. The first-order chi connectivity index (χ1) is 11.5. The smallest absolute Gasteiger partial charge is 0.307 e. The fraction of sp³-hybridized carbons (Fsp3) is 0.235. The third kappa shape index (κ3) is 4.58. The van der Waals surface area contributed by atoms with Gasteiger partial charge in [-0.3, -0.25) is 14.6 Å². The lowest BCUT2D eigenvalue weighted by molar-refractivity contribution is -0.140. The molecule has 24 heavy (non-hydrogen) atoms. The lowest BCUT2D eigenvalue weighted by atomic mass is 10.1. The van der Waals surface area contributed by atoms with Gasteiger partial charge in [0.05, 0.1) is 13.5 Å². The molecule has 126 valence electrons. The molecule has 0 radical (unpaired) electrons. The standard InChI is InChI=1S/C17H16F2N2O3/c1-24-16(22)6-8-21(11-12-3-2-7-20-10-12)17(23)13-4-5-14(18)15(19)9-13/h2-5,7,9-10H,6,8,11H2,1H3. The lowest BCUT2D eigenvalue weighted by Gasteiger charge is -2.22. The van der Waals surface area contributed by atoms with Crippen LogP contribution in [0, 0.1) is 11.6 Å². The van der Waals surface area contributed by atoms with E-state index in [4.69, 9.17) is 0 Å². The largest absolute Gasteiger partial charge is 0.469 e. The summed E-state index contributed by atoms with van der Waals surface area (Å²) in [6, 6.07) is 6.43. The van der Waals surface area contributed by atoms with Gasteiger partial charge in [0.1, 0.15) is 0 Å². The molecule has 0 aliphatic heterocycles. The zero-order chi connectivity index (χ0) is 17.5. The van der Waals surface area contributed by atoms with E-state index in [0.717, 1.165) is 17.7 Å². The molecule has 1 amide bonds. The van der Waals surface area contributed by atoms with Crippen LogP contribution in [-0.2, 0) is 16.1 Å². The van der Waals surface area contributed by atoms with Crippen LogP contribution in [0.1, 0.15) is 22.3 Å². The Labute approximate surface area is 137 Å². The monoisotopic (exact) mass is 334 g/mol. The van der Waals surface area contributed by atoms with Crippen molar-refractivity contribution in [2.45, 2.75) is 13.0 Å². The molecule has 0 bridgehead atoms. The summed E-state index contributed by atoms with van der Waals surface area (Å²) in [6.07, 6.45) is 3.18. The van der Waals surface area contributed by atoms with Crippen molar-refractivity contribution in [1.29, 1.82) is 0 Å². The van der Waals surface area contributed by atoms with E-state index < -0.39 is 23.5 Å². The highest BCUT2D eigenvalue weighted by Crippen LogP contribution is 2.14. The maximum Gasteiger partial charge on any atom is 0.307 e. The van der Waals surface area contributed by atoms with Crippen LogP contribution in [0.4, 0.5) is 8.78 Å². The first-order valence-corrected chi connectivity index (χ1v) is 7.21. The Kier molecular flexibility index (Phi) is 5.95. The molecule has 0 saturated heterocycles. The Morgan fingerprint density at radius 3 is 2.62 bits per heavy atom. The van der Waals surface area contributed by atoms with E-state index >= 15 is 0 Å². The fourth-order valence-electron chi connectivity index (χ4n) is 2.10. The van der Waals surface area contributed by atoms with E-state index in [1.54, 1.807) is 24.5 Å². The summed E-state index contributed by atoms with van der Waals surface area (Å²) in [7, 11) is 1.25. The van der Waals surface area contributed by atoms with Gasteiger partial charge in [0.25, 0.3) is 5.91 Å². The summed E-state index contributed by atoms with van der Waals surface area (Å²) in [5.41, 5.74) is 0.751. The molecule has 5 nitrogen and oxygen atoms in total. The quantitative estimate of drug-likeness (QED) is 0.762. The van der Waals surface area contributed by atoms with Crippen molar-refractivity contribution in [3.8, 4) is 0 Å². The highest BCUT2D eigenvalue weighted by atomic mass is 19.2. The first kappa shape index (κ1) is 17.5. The maximum atomic E-state index is 13.4. The number of benzene rings is 1. The molecule has 1 heterocycles. The molecule has 0 unspecified atom stereocenters. The number of rotatable bonds is 6.